The highest BCUT2D eigenvalue weighted by Gasteiger charge is 2.25. The highest BCUT2D eigenvalue weighted by atomic mass is 19.1. The molecule has 1 saturated heterocycles. The Hall–Kier alpha value is -2.47. The van der Waals surface area contributed by atoms with Gasteiger partial charge in [0.05, 0.1) is 6.04 Å². The van der Waals surface area contributed by atoms with Crippen molar-refractivity contribution in [2.24, 2.45) is 5.92 Å². The van der Waals surface area contributed by atoms with Gasteiger partial charge in [0.25, 0.3) is 0 Å². The zero-order valence-electron chi connectivity index (χ0n) is 16.4. The predicted molar refractivity (Wildman–Crippen MR) is 106 cm³/mol. The highest BCUT2D eigenvalue weighted by molar-refractivity contribution is 5.75. The molecule has 0 radical (unpaired) electrons. The third-order valence-corrected chi connectivity index (χ3v) is 5.19. The fourth-order valence-corrected chi connectivity index (χ4v) is 3.51. The van der Waals surface area contributed by atoms with Crippen LogP contribution in [0.15, 0.2) is 48.5 Å². The van der Waals surface area contributed by atoms with Crippen LogP contribution >= 0.6 is 0 Å². The Morgan fingerprint density at radius 1 is 1.00 bits per heavy atom. The molecule has 150 valence electrons. The largest absolute Gasteiger partial charge is 0.331 e. The maximum atomic E-state index is 13.8. The van der Waals surface area contributed by atoms with E-state index in [0.717, 1.165) is 5.56 Å². The Bertz CT molecular complexity index is 787. The monoisotopic (exact) mass is 387 g/mol. The van der Waals surface area contributed by atoms with Gasteiger partial charge in [-0.25, -0.2) is 13.6 Å². The number of amides is 2. The molecule has 1 aliphatic rings. The van der Waals surface area contributed by atoms with Crippen molar-refractivity contribution in [3.8, 4) is 0 Å². The van der Waals surface area contributed by atoms with Gasteiger partial charge >= 0.3 is 6.03 Å². The predicted octanol–water partition coefficient (Wildman–Crippen LogP) is 4.19. The normalized spacial score (nSPS) is 16.2. The molecule has 1 fully saturated rings. The van der Waals surface area contributed by atoms with Crippen molar-refractivity contribution >= 4 is 6.03 Å². The first-order valence-electron chi connectivity index (χ1n) is 9.70. The molecule has 1 aliphatic heterocycles. The number of halogens is 2. The van der Waals surface area contributed by atoms with E-state index in [0.29, 0.717) is 38.3 Å². The summed E-state index contributed by atoms with van der Waals surface area (Å²) >= 11 is 0. The molecule has 0 aliphatic carbocycles. The van der Waals surface area contributed by atoms with Gasteiger partial charge in [-0.15, -0.1) is 0 Å². The molecule has 0 unspecified atom stereocenters. The van der Waals surface area contributed by atoms with E-state index in [1.807, 2.05) is 19.9 Å². The summed E-state index contributed by atoms with van der Waals surface area (Å²) in [7, 11) is 0. The van der Waals surface area contributed by atoms with Gasteiger partial charge in [0, 0.05) is 38.3 Å². The molecular formula is C22H27F2N3O. The third kappa shape index (κ3) is 5.07. The lowest BCUT2D eigenvalue weighted by Gasteiger charge is -2.36. The van der Waals surface area contributed by atoms with Crippen molar-refractivity contribution in [3.05, 3.63) is 71.3 Å². The number of urea groups is 1. The minimum absolute atomic E-state index is 0.117. The van der Waals surface area contributed by atoms with E-state index < -0.39 is 0 Å². The van der Waals surface area contributed by atoms with Crippen LogP contribution in [0.5, 0.6) is 0 Å². The van der Waals surface area contributed by atoms with Crippen LogP contribution in [-0.4, -0.2) is 42.0 Å². The smallest absolute Gasteiger partial charge is 0.317 e. The van der Waals surface area contributed by atoms with Gasteiger partial charge in [0.1, 0.15) is 11.6 Å². The maximum Gasteiger partial charge on any atom is 0.317 e. The number of rotatable bonds is 5. The maximum absolute atomic E-state index is 13.8. The van der Waals surface area contributed by atoms with Crippen LogP contribution in [0.1, 0.15) is 31.0 Å². The second kappa shape index (κ2) is 9.15. The van der Waals surface area contributed by atoms with Gasteiger partial charge in [-0.3, -0.25) is 4.90 Å². The van der Waals surface area contributed by atoms with E-state index >= 15 is 0 Å². The third-order valence-electron chi connectivity index (χ3n) is 5.19. The average Bonchev–Trinajstić information content (AvgIpc) is 2.69. The highest BCUT2D eigenvalue weighted by Crippen LogP contribution is 2.22. The van der Waals surface area contributed by atoms with E-state index in [9.17, 15) is 13.6 Å². The molecule has 2 aromatic carbocycles. The Balaban J connectivity index is 1.55. The van der Waals surface area contributed by atoms with Gasteiger partial charge in [-0.05, 0) is 29.7 Å². The van der Waals surface area contributed by atoms with E-state index in [1.54, 1.807) is 29.2 Å². The van der Waals surface area contributed by atoms with Gasteiger partial charge in [0.2, 0.25) is 0 Å². The van der Waals surface area contributed by atoms with Gasteiger partial charge < -0.3 is 10.2 Å². The molecule has 0 aromatic heterocycles. The summed E-state index contributed by atoms with van der Waals surface area (Å²) in [6.45, 7) is 7.19. The minimum Gasteiger partial charge on any atom is -0.331 e. The first kappa shape index (κ1) is 20.3. The van der Waals surface area contributed by atoms with Crippen LogP contribution in [0.2, 0.25) is 0 Å². The molecule has 2 amide bonds. The van der Waals surface area contributed by atoms with E-state index in [-0.39, 0.29) is 29.6 Å². The molecule has 1 atom stereocenters. The van der Waals surface area contributed by atoms with Crippen molar-refractivity contribution in [2.75, 3.05) is 26.2 Å². The van der Waals surface area contributed by atoms with Gasteiger partial charge in [0.15, 0.2) is 0 Å². The van der Waals surface area contributed by atoms with Crippen LogP contribution in [0, 0.1) is 17.6 Å². The lowest BCUT2D eigenvalue weighted by molar-refractivity contribution is 0.131. The van der Waals surface area contributed by atoms with E-state index in [4.69, 9.17) is 0 Å². The summed E-state index contributed by atoms with van der Waals surface area (Å²) in [5.74, 6) is -0.304. The van der Waals surface area contributed by atoms with E-state index in [2.05, 4.69) is 10.2 Å². The molecule has 3 rings (SSSR count). The number of hydrogen-bond donors (Lipinski definition) is 1. The first-order chi connectivity index (χ1) is 13.4. The summed E-state index contributed by atoms with van der Waals surface area (Å²) in [6, 6.07) is 12.8. The molecule has 4 nitrogen and oxygen atoms in total. The standard InChI is InChI=1S/C22H27F2N3O/c1-16(2)21(17-7-9-19(23)10-8-17)25-22(28)27-13-11-26(12-14-27)15-18-5-3-4-6-20(18)24/h3-10,16,21H,11-15H2,1-2H3,(H,25,28)/t21-/m1/s1. The summed E-state index contributed by atoms with van der Waals surface area (Å²) in [6.07, 6.45) is 0. The number of carbonyl (C=O) groups is 1. The molecular weight excluding hydrogens is 360 g/mol. The number of hydrogen-bond acceptors (Lipinski definition) is 2. The van der Waals surface area contributed by atoms with Crippen LogP contribution in [0.4, 0.5) is 13.6 Å². The lowest BCUT2D eigenvalue weighted by atomic mass is 9.96. The Labute approximate surface area is 165 Å². The molecule has 28 heavy (non-hydrogen) atoms. The topological polar surface area (TPSA) is 35.6 Å². The van der Waals surface area contributed by atoms with E-state index in [1.165, 1.54) is 18.2 Å². The Morgan fingerprint density at radius 2 is 1.64 bits per heavy atom. The molecule has 2 aromatic rings. The molecule has 1 heterocycles. The average molecular weight is 387 g/mol. The summed E-state index contributed by atoms with van der Waals surface area (Å²) in [5.41, 5.74) is 1.57. The molecule has 6 heteroatoms. The fraction of sp³-hybridized carbons (Fsp3) is 0.409. The van der Waals surface area contributed by atoms with Crippen molar-refractivity contribution in [1.29, 1.82) is 0 Å². The second-order valence-corrected chi connectivity index (χ2v) is 7.58. The zero-order valence-corrected chi connectivity index (χ0v) is 16.4. The lowest BCUT2D eigenvalue weighted by Crippen LogP contribution is -2.52. The first-order valence-corrected chi connectivity index (χ1v) is 9.70. The van der Waals surface area contributed by atoms with Crippen LogP contribution in [0.25, 0.3) is 0 Å². The Morgan fingerprint density at radius 3 is 2.25 bits per heavy atom. The number of nitrogens with zero attached hydrogens (tertiary/aromatic N) is 2. The second-order valence-electron chi connectivity index (χ2n) is 7.58. The number of nitrogens with one attached hydrogen (secondary N) is 1. The van der Waals surface area contributed by atoms with Crippen LogP contribution in [0.3, 0.4) is 0 Å². The van der Waals surface area contributed by atoms with Gasteiger partial charge in [-0.1, -0.05) is 44.2 Å². The molecule has 0 bridgehead atoms. The van der Waals surface area contributed by atoms with Gasteiger partial charge in [-0.2, -0.15) is 0 Å². The van der Waals surface area contributed by atoms with Crippen LogP contribution < -0.4 is 5.32 Å². The van der Waals surface area contributed by atoms with Crippen molar-refractivity contribution in [2.45, 2.75) is 26.4 Å². The summed E-state index contributed by atoms with van der Waals surface area (Å²) in [5, 5.41) is 3.08. The fourth-order valence-electron chi connectivity index (χ4n) is 3.51. The number of carbonyl (C=O) groups excluding carboxylic acids is 1. The molecule has 0 spiro atoms. The molecule has 1 N–H and O–H groups in total. The zero-order chi connectivity index (χ0) is 20.1. The van der Waals surface area contributed by atoms with Crippen LogP contribution in [-0.2, 0) is 6.54 Å². The van der Waals surface area contributed by atoms with Crippen molar-refractivity contribution < 1.29 is 13.6 Å². The molecule has 0 saturated carbocycles. The number of piperazine rings is 1. The summed E-state index contributed by atoms with van der Waals surface area (Å²) in [4.78, 5) is 16.7. The summed E-state index contributed by atoms with van der Waals surface area (Å²) < 4.78 is 27.0. The SMILES string of the molecule is CC(C)[C@@H](NC(=O)N1CCN(Cc2ccccc2F)CC1)c1ccc(F)cc1. The van der Waals surface area contributed by atoms with Crippen molar-refractivity contribution in [1.82, 2.24) is 15.1 Å². The van der Waals surface area contributed by atoms with Crippen molar-refractivity contribution in [3.63, 3.8) is 0 Å². The Kier molecular flexibility index (Phi) is 6.62. The quantitative estimate of drug-likeness (QED) is 0.835. The number of benzene rings is 2. The minimum atomic E-state index is -0.288.